The van der Waals surface area contributed by atoms with Crippen LogP contribution in [-0.2, 0) is 7.05 Å². The van der Waals surface area contributed by atoms with Crippen LogP contribution in [0.5, 0.6) is 0 Å². The predicted molar refractivity (Wildman–Crippen MR) is 81.6 cm³/mol. The van der Waals surface area contributed by atoms with Gasteiger partial charge in [-0.25, -0.2) is 9.67 Å². The van der Waals surface area contributed by atoms with Crippen molar-refractivity contribution in [3.63, 3.8) is 0 Å². The minimum atomic E-state index is -0.274. The van der Waals surface area contributed by atoms with Crippen LogP contribution in [-0.4, -0.2) is 19.3 Å². The number of fused-ring (bicyclic) bond motifs is 1. The maximum Gasteiger partial charge on any atom is 0.163 e. The Bertz CT molecular complexity index is 866. The van der Waals surface area contributed by atoms with Crippen LogP contribution in [0.4, 0.5) is 0 Å². The van der Waals surface area contributed by atoms with Crippen LogP contribution in [0.15, 0.2) is 24.3 Å². The molecule has 1 atom stereocenters. The molecule has 0 amide bonds. The maximum absolute atomic E-state index is 9.35. The van der Waals surface area contributed by atoms with Crippen molar-refractivity contribution in [3.8, 4) is 11.8 Å². The average molecular weight is 300 g/mol. The van der Waals surface area contributed by atoms with Crippen molar-refractivity contribution in [2.45, 2.75) is 19.2 Å². The molecule has 6 heteroatoms. The van der Waals surface area contributed by atoms with Crippen molar-refractivity contribution < 1.29 is 0 Å². The molecule has 0 bridgehead atoms. The summed E-state index contributed by atoms with van der Waals surface area (Å²) < 4.78 is 3.69. The zero-order valence-corrected chi connectivity index (χ0v) is 12.8. The van der Waals surface area contributed by atoms with Gasteiger partial charge in [0.25, 0.3) is 0 Å². The number of nitriles is 1. The number of nitrogens with zero attached hydrogens (tertiary/aromatic N) is 5. The molecular formula is C15H14ClN5. The molecule has 106 valence electrons. The predicted octanol–water partition coefficient (Wildman–Crippen LogP) is 3.24. The van der Waals surface area contributed by atoms with E-state index in [1.807, 2.05) is 43.7 Å². The molecule has 0 saturated carbocycles. The second-order valence-electron chi connectivity index (χ2n) is 4.93. The number of rotatable bonds is 2. The third-order valence-corrected chi connectivity index (χ3v) is 3.64. The monoisotopic (exact) mass is 299 g/mol. The molecule has 3 rings (SSSR count). The topological polar surface area (TPSA) is 59.4 Å². The summed E-state index contributed by atoms with van der Waals surface area (Å²) in [6, 6.07) is 9.64. The number of benzene rings is 1. The smallest absolute Gasteiger partial charge is 0.163 e. The number of aromatic nitrogens is 4. The lowest BCUT2D eigenvalue weighted by Gasteiger charge is -2.12. The highest BCUT2D eigenvalue weighted by atomic mass is 35.5. The van der Waals surface area contributed by atoms with Crippen molar-refractivity contribution >= 4 is 22.8 Å². The minimum Gasteiger partial charge on any atom is -0.278 e. The molecular weight excluding hydrogens is 286 g/mol. The van der Waals surface area contributed by atoms with E-state index in [0.29, 0.717) is 11.4 Å². The third-order valence-electron chi connectivity index (χ3n) is 3.45. The van der Waals surface area contributed by atoms with Gasteiger partial charge in [0.05, 0.1) is 22.3 Å². The summed E-state index contributed by atoms with van der Waals surface area (Å²) in [6.07, 6.45) is 0. The van der Waals surface area contributed by atoms with Crippen molar-refractivity contribution in [2.24, 2.45) is 7.05 Å². The second-order valence-corrected chi connectivity index (χ2v) is 5.59. The molecule has 0 aliphatic rings. The molecule has 1 unspecified atom stereocenters. The molecule has 0 aliphatic heterocycles. The number of halogens is 1. The zero-order chi connectivity index (χ0) is 15.1. The second kappa shape index (κ2) is 4.90. The van der Waals surface area contributed by atoms with E-state index in [9.17, 15) is 5.26 Å². The normalized spacial score (nSPS) is 12.5. The first-order chi connectivity index (χ1) is 10.0. The highest BCUT2D eigenvalue weighted by Gasteiger charge is 2.22. The van der Waals surface area contributed by atoms with Gasteiger partial charge in [-0.15, -0.1) is 11.6 Å². The van der Waals surface area contributed by atoms with Gasteiger partial charge >= 0.3 is 0 Å². The first kappa shape index (κ1) is 13.7. The Kier molecular flexibility index (Phi) is 3.19. The standard InChI is InChI=1S/C15H14ClN5/c1-9(16)14-18-13-10(2)19-20(3)15(13)21(14)12-7-5-4-6-11(12)8-17/h4-7,9H,1-3H3. The van der Waals surface area contributed by atoms with E-state index in [0.717, 1.165) is 22.5 Å². The number of hydrogen-bond acceptors (Lipinski definition) is 3. The van der Waals surface area contributed by atoms with Crippen molar-refractivity contribution in [1.82, 2.24) is 19.3 Å². The first-order valence-electron chi connectivity index (χ1n) is 6.60. The quantitative estimate of drug-likeness (QED) is 0.683. The Balaban J connectivity index is 2.45. The molecule has 0 spiro atoms. The lowest BCUT2D eigenvalue weighted by atomic mass is 10.2. The lowest BCUT2D eigenvalue weighted by molar-refractivity contribution is 0.747. The molecule has 2 aromatic heterocycles. The summed E-state index contributed by atoms with van der Waals surface area (Å²) in [5.74, 6) is 0.713. The summed E-state index contributed by atoms with van der Waals surface area (Å²) >= 11 is 6.29. The number of alkyl halides is 1. The number of aryl methyl sites for hydroxylation is 2. The van der Waals surface area contributed by atoms with E-state index in [2.05, 4.69) is 16.2 Å². The highest BCUT2D eigenvalue weighted by Crippen LogP contribution is 2.30. The van der Waals surface area contributed by atoms with E-state index in [1.165, 1.54) is 0 Å². The molecule has 0 aliphatic carbocycles. The Morgan fingerprint density at radius 3 is 2.71 bits per heavy atom. The van der Waals surface area contributed by atoms with E-state index in [4.69, 9.17) is 11.6 Å². The molecule has 5 nitrogen and oxygen atoms in total. The van der Waals surface area contributed by atoms with Crippen LogP contribution in [0.3, 0.4) is 0 Å². The molecule has 1 aromatic carbocycles. The van der Waals surface area contributed by atoms with Gasteiger partial charge in [-0.1, -0.05) is 12.1 Å². The van der Waals surface area contributed by atoms with Crippen LogP contribution in [0.1, 0.15) is 29.4 Å². The van der Waals surface area contributed by atoms with Gasteiger partial charge in [0.15, 0.2) is 5.65 Å². The fourth-order valence-electron chi connectivity index (χ4n) is 2.56. The molecule has 2 heterocycles. The average Bonchev–Trinajstić information content (AvgIpc) is 2.98. The zero-order valence-electron chi connectivity index (χ0n) is 12.0. The lowest BCUT2D eigenvalue weighted by Crippen LogP contribution is -2.07. The number of imidazole rings is 1. The van der Waals surface area contributed by atoms with Crippen molar-refractivity contribution in [1.29, 1.82) is 5.26 Å². The maximum atomic E-state index is 9.35. The van der Waals surface area contributed by atoms with E-state index >= 15 is 0 Å². The fourth-order valence-corrected chi connectivity index (χ4v) is 2.70. The van der Waals surface area contributed by atoms with Gasteiger partial charge in [0, 0.05) is 7.05 Å². The number of hydrogen-bond donors (Lipinski definition) is 0. The van der Waals surface area contributed by atoms with Gasteiger partial charge in [0.2, 0.25) is 0 Å². The van der Waals surface area contributed by atoms with Crippen LogP contribution in [0, 0.1) is 18.3 Å². The van der Waals surface area contributed by atoms with Crippen LogP contribution in [0.25, 0.3) is 16.9 Å². The van der Waals surface area contributed by atoms with Gasteiger partial charge in [-0.2, -0.15) is 10.4 Å². The SMILES string of the molecule is Cc1nn(C)c2c1nc(C(C)Cl)n2-c1ccccc1C#N. The largest absolute Gasteiger partial charge is 0.278 e. The Morgan fingerprint density at radius 2 is 2.05 bits per heavy atom. The first-order valence-corrected chi connectivity index (χ1v) is 7.03. The van der Waals surface area contributed by atoms with Gasteiger partial charge in [-0.3, -0.25) is 4.57 Å². The van der Waals surface area contributed by atoms with Gasteiger partial charge < -0.3 is 0 Å². The molecule has 0 radical (unpaired) electrons. The van der Waals surface area contributed by atoms with E-state index in [-0.39, 0.29) is 5.38 Å². The van der Waals surface area contributed by atoms with Crippen molar-refractivity contribution in [2.75, 3.05) is 0 Å². The molecule has 3 aromatic rings. The van der Waals surface area contributed by atoms with Gasteiger partial charge in [0.1, 0.15) is 17.4 Å². The fraction of sp³-hybridized carbons (Fsp3) is 0.267. The molecule has 0 saturated heterocycles. The van der Waals surface area contributed by atoms with E-state index in [1.54, 1.807) is 10.7 Å². The molecule has 21 heavy (non-hydrogen) atoms. The van der Waals surface area contributed by atoms with Gasteiger partial charge in [-0.05, 0) is 26.0 Å². The Labute approximate surface area is 127 Å². The summed E-state index contributed by atoms with van der Waals surface area (Å²) in [5.41, 5.74) is 3.85. The molecule has 0 fully saturated rings. The highest BCUT2D eigenvalue weighted by molar-refractivity contribution is 6.20. The minimum absolute atomic E-state index is 0.274. The summed E-state index contributed by atoms with van der Waals surface area (Å²) in [4.78, 5) is 4.62. The summed E-state index contributed by atoms with van der Waals surface area (Å²) in [6.45, 7) is 3.79. The van der Waals surface area contributed by atoms with E-state index < -0.39 is 0 Å². The summed E-state index contributed by atoms with van der Waals surface area (Å²) in [7, 11) is 1.87. The number of para-hydroxylation sites is 1. The third kappa shape index (κ3) is 1.99. The van der Waals surface area contributed by atoms with Crippen LogP contribution in [0.2, 0.25) is 0 Å². The van der Waals surface area contributed by atoms with Crippen molar-refractivity contribution in [3.05, 3.63) is 41.3 Å². The Morgan fingerprint density at radius 1 is 1.33 bits per heavy atom. The molecule has 0 N–H and O–H groups in total. The summed E-state index contributed by atoms with van der Waals surface area (Å²) in [5, 5.41) is 13.5. The Hall–Kier alpha value is -2.32. The van der Waals surface area contributed by atoms with Crippen LogP contribution < -0.4 is 0 Å². The van der Waals surface area contributed by atoms with Crippen LogP contribution >= 0.6 is 11.6 Å².